The molecule has 0 spiro atoms. The normalized spacial score (nSPS) is 11.9. The van der Waals surface area contributed by atoms with Crippen molar-refractivity contribution in [1.29, 1.82) is 0 Å². The number of ether oxygens (including phenoxy) is 1. The molecule has 0 radical (unpaired) electrons. The topological polar surface area (TPSA) is 13.7 Å². The van der Waals surface area contributed by atoms with Crippen LogP contribution < -0.4 is 33.6 Å². The number of alkyl halides is 1. The van der Waals surface area contributed by atoms with Crippen LogP contribution in [0.25, 0.3) is 0 Å². The quantitative estimate of drug-likeness (QED) is 0.355. The summed E-state index contributed by atoms with van der Waals surface area (Å²) >= 11 is 2.47. The number of quaternary nitrogens is 1. The molecule has 25 heavy (non-hydrogen) atoms. The van der Waals surface area contributed by atoms with Crippen LogP contribution in [0.4, 0.5) is 0 Å². The molecule has 0 aliphatic carbocycles. The van der Waals surface area contributed by atoms with E-state index in [0.717, 1.165) is 25.4 Å². The number of hydrogen-bond acceptors (Lipinski definition) is 1. The molecular weight excluding hydrogens is 536 g/mol. The third-order valence-corrected chi connectivity index (χ3v) is 4.79. The van der Waals surface area contributed by atoms with Gasteiger partial charge in [-0.15, -0.1) is 0 Å². The standard InChI is InChI=1S/C21H28INO.HI/c1-17(2)20-10-9-18(3)15-21(20)24-14-13-23(12-11-22)16-19-7-5-4-6-8-19;/h4-10,15,17H,11-14,16H2,1-3H3;1H. The second kappa shape index (κ2) is 12.1. The molecule has 2 aromatic rings. The lowest BCUT2D eigenvalue weighted by Crippen LogP contribution is -3.11. The first kappa shape index (κ1) is 22.7. The third kappa shape index (κ3) is 7.83. The maximum atomic E-state index is 6.17. The van der Waals surface area contributed by atoms with E-state index in [0.29, 0.717) is 5.92 Å². The van der Waals surface area contributed by atoms with Crippen LogP contribution in [0.15, 0.2) is 48.5 Å². The van der Waals surface area contributed by atoms with E-state index < -0.39 is 0 Å². The van der Waals surface area contributed by atoms with Crippen molar-refractivity contribution in [3.8, 4) is 5.75 Å². The highest BCUT2D eigenvalue weighted by Crippen LogP contribution is 2.27. The van der Waals surface area contributed by atoms with Crippen LogP contribution in [0.5, 0.6) is 5.75 Å². The summed E-state index contributed by atoms with van der Waals surface area (Å²) in [6.45, 7) is 10.6. The second-order valence-corrected chi connectivity index (χ2v) is 7.72. The van der Waals surface area contributed by atoms with Crippen LogP contribution in [-0.2, 0) is 6.54 Å². The van der Waals surface area contributed by atoms with Gasteiger partial charge in [-0.3, -0.25) is 0 Å². The van der Waals surface area contributed by atoms with E-state index in [2.05, 4.69) is 91.9 Å². The molecule has 0 aliphatic heterocycles. The maximum absolute atomic E-state index is 6.17. The van der Waals surface area contributed by atoms with Gasteiger partial charge in [0.1, 0.15) is 25.4 Å². The smallest absolute Gasteiger partial charge is 0.137 e. The number of halogens is 2. The summed E-state index contributed by atoms with van der Waals surface area (Å²) in [5.74, 6) is 1.54. The highest BCUT2D eigenvalue weighted by Gasteiger charge is 2.12. The molecule has 0 bridgehead atoms. The van der Waals surface area contributed by atoms with Crippen molar-refractivity contribution in [3.63, 3.8) is 0 Å². The molecule has 0 fully saturated rings. The second-order valence-electron chi connectivity index (χ2n) is 6.65. The molecule has 1 N–H and O–H groups in total. The van der Waals surface area contributed by atoms with Crippen molar-refractivity contribution in [2.75, 3.05) is 24.1 Å². The fourth-order valence-corrected chi connectivity index (χ4v) is 3.63. The van der Waals surface area contributed by atoms with Crippen LogP contribution in [0, 0.1) is 6.92 Å². The molecule has 4 heteroatoms. The van der Waals surface area contributed by atoms with Crippen molar-refractivity contribution in [2.45, 2.75) is 33.2 Å². The van der Waals surface area contributed by atoms with Crippen molar-refractivity contribution in [3.05, 3.63) is 65.2 Å². The fraction of sp³-hybridized carbons (Fsp3) is 0.429. The molecule has 0 saturated heterocycles. The number of rotatable bonds is 9. The van der Waals surface area contributed by atoms with E-state index in [-0.39, 0.29) is 24.0 Å². The van der Waals surface area contributed by atoms with Gasteiger partial charge in [0.2, 0.25) is 0 Å². The van der Waals surface area contributed by atoms with Crippen LogP contribution in [0.3, 0.4) is 0 Å². The summed E-state index contributed by atoms with van der Waals surface area (Å²) in [5, 5.41) is 0. The summed E-state index contributed by atoms with van der Waals surface area (Å²) in [6, 6.07) is 17.3. The Hall–Kier alpha value is -0.340. The molecule has 2 rings (SSSR count). The summed E-state index contributed by atoms with van der Waals surface area (Å²) in [5.41, 5.74) is 3.96. The first-order valence-corrected chi connectivity index (χ1v) is 10.3. The van der Waals surface area contributed by atoms with Crippen molar-refractivity contribution < 1.29 is 33.6 Å². The fourth-order valence-electron chi connectivity index (χ4n) is 2.87. The predicted octanol–water partition coefficient (Wildman–Crippen LogP) is 1.02. The monoisotopic (exact) mass is 565 g/mol. The minimum Gasteiger partial charge on any atom is -1.00 e. The molecule has 2 aromatic carbocycles. The Morgan fingerprint density at radius 2 is 1.76 bits per heavy atom. The lowest BCUT2D eigenvalue weighted by Gasteiger charge is -2.20. The highest BCUT2D eigenvalue weighted by atomic mass is 127. The first-order valence-electron chi connectivity index (χ1n) is 8.77. The number of benzene rings is 2. The van der Waals surface area contributed by atoms with Crippen LogP contribution >= 0.6 is 22.6 Å². The van der Waals surface area contributed by atoms with Crippen LogP contribution in [0.1, 0.15) is 36.5 Å². The summed E-state index contributed by atoms with van der Waals surface area (Å²) in [4.78, 5) is 1.58. The van der Waals surface area contributed by atoms with E-state index >= 15 is 0 Å². The van der Waals surface area contributed by atoms with E-state index in [4.69, 9.17) is 4.74 Å². The molecule has 138 valence electrons. The van der Waals surface area contributed by atoms with Crippen molar-refractivity contribution in [1.82, 2.24) is 0 Å². The van der Waals surface area contributed by atoms with E-state index in [1.54, 1.807) is 4.90 Å². The Morgan fingerprint density at radius 3 is 2.40 bits per heavy atom. The van der Waals surface area contributed by atoms with Gasteiger partial charge < -0.3 is 33.6 Å². The van der Waals surface area contributed by atoms with Gasteiger partial charge in [-0.25, -0.2) is 0 Å². The number of hydrogen-bond donors (Lipinski definition) is 1. The zero-order valence-corrected chi connectivity index (χ0v) is 19.7. The Morgan fingerprint density at radius 1 is 1.04 bits per heavy atom. The average molecular weight is 565 g/mol. The van der Waals surface area contributed by atoms with Gasteiger partial charge in [-0.05, 0) is 30.0 Å². The van der Waals surface area contributed by atoms with Gasteiger partial charge in [0, 0.05) is 9.99 Å². The van der Waals surface area contributed by atoms with Gasteiger partial charge in [0.15, 0.2) is 0 Å². The Bertz CT molecular complexity index is 617. The zero-order chi connectivity index (χ0) is 17.4. The van der Waals surface area contributed by atoms with Crippen molar-refractivity contribution >= 4 is 22.6 Å². The molecule has 2 nitrogen and oxygen atoms in total. The first-order chi connectivity index (χ1) is 11.6. The molecule has 0 aliphatic rings. The minimum absolute atomic E-state index is 0. The summed E-state index contributed by atoms with van der Waals surface area (Å²) in [7, 11) is 0. The molecular formula is C21H29I2NO. The van der Waals surface area contributed by atoms with Gasteiger partial charge in [-0.1, -0.05) is 78.9 Å². The van der Waals surface area contributed by atoms with E-state index in [9.17, 15) is 0 Å². The average Bonchev–Trinajstić information content (AvgIpc) is 2.56. The van der Waals surface area contributed by atoms with E-state index in [1.165, 1.54) is 27.7 Å². The molecule has 0 saturated carbocycles. The minimum atomic E-state index is 0. The van der Waals surface area contributed by atoms with Gasteiger partial charge in [0.05, 0.1) is 6.54 Å². The molecule has 0 aromatic heterocycles. The number of aryl methyl sites for hydroxylation is 1. The summed E-state index contributed by atoms with van der Waals surface area (Å²) < 4.78 is 7.34. The largest absolute Gasteiger partial charge is 1.00 e. The number of nitrogens with one attached hydrogen (secondary N) is 1. The van der Waals surface area contributed by atoms with E-state index in [1.807, 2.05) is 0 Å². The van der Waals surface area contributed by atoms with Crippen LogP contribution in [-0.4, -0.2) is 24.1 Å². The summed E-state index contributed by atoms with van der Waals surface area (Å²) in [6.07, 6.45) is 0. The zero-order valence-electron chi connectivity index (χ0n) is 15.4. The Kier molecular flexibility index (Phi) is 11.0. The molecule has 1 unspecified atom stereocenters. The third-order valence-electron chi connectivity index (χ3n) is 4.25. The lowest BCUT2D eigenvalue weighted by molar-refractivity contribution is -0.911. The van der Waals surface area contributed by atoms with Gasteiger partial charge >= 0.3 is 0 Å². The Balaban J connectivity index is 0.00000312. The SMILES string of the molecule is Cc1ccc(C(C)C)c(OCC[NH+](CCI)Cc2ccccc2)c1.[I-]. The molecule has 1 atom stereocenters. The molecule has 0 amide bonds. The molecule has 0 heterocycles. The lowest BCUT2D eigenvalue weighted by atomic mass is 10.0. The van der Waals surface area contributed by atoms with Gasteiger partial charge in [-0.2, -0.15) is 0 Å². The van der Waals surface area contributed by atoms with Crippen molar-refractivity contribution in [2.24, 2.45) is 0 Å². The highest BCUT2D eigenvalue weighted by molar-refractivity contribution is 14.1. The van der Waals surface area contributed by atoms with Crippen LogP contribution in [0.2, 0.25) is 0 Å². The maximum Gasteiger partial charge on any atom is 0.137 e. The van der Waals surface area contributed by atoms with Gasteiger partial charge in [0.25, 0.3) is 0 Å². The predicted molar refractivity (Wildman–Crippen MR) is 110 cm³/mol. The Labute approximate surface area is 183 Å².